The van der Waals surface area contributed by atoms with Crippen molar-refractivity contribution < 1.29 is 13.5 Å². The van der Waals surface area contributed by atoms with Gasteiger partial charge in [0, 0.05) is 11.9 Å². The summed E-state index contributed by atoms with van der Waals surface area (Å²) in [6, 6.07) is 3.19. The van der Waals surface area contributed by atoms with Crippen molar-refractivity contribution in [3.8, 4) is 5.75 Å². The average Bonchev–Trinajstić information content (AvgIpc) is 2.23. The zero-order chi connectivity index (χ0) is 12.0. The second kappa shape index (κ2) is 6.69. The normalized spacial score (nSPS) is 12.5. The predicted molar refractivity (Wildman–Crippen MR) is 61.0 cm³/mol. The summed E-state index contributed by atoms with van der Waals surface area (Å²) in [5.74, 6) is -0.0287. The summed E-state index contributed by atoms with van der Waals surface area (Å²) in [7, 11) is 0. The Kier molecular flexibility index (Phi) is 5.53. The van der Waals surface area contributed by atoms with Crippen LogP contribution in [0.5, 0.6) is 5.75 Å². The fraction of sp³-hybridized carbons (Fsp3) is 0.500. The van der Waals surface area contributed by atoms with Gasteiger partial charge in [0.2, 0.25) is 0 Å². The Morgan fingerprint density at radius 1 is 1.31 bits per heavy atom. The number of benzene rings is 1. The highest BCUT2D eigenvalue weighted by molar-refractivity contribution is 6.17. The fourth-order valence-electron chi connectivity index (χ4n) is 1.29. The molecule has 0 bridgehead atoms. The van der Waals surface area contributed by atoms with Gasteiger partial charge < -0.3 is 4.74 Å². The zero-order valence-corrected chi connectivity index (χ0v) is 9.94. The maximum atomic E-state index is 13.1. The molecule has 0 saturated heterocycles. The minimum absolute atomic E-state index is 0.0296. The molecule has 16 heavy (non-hydrogen) atoms. The summed E-state index contributed by atoms with van der Waals surface area (Å²) in [5.41, 5.74) is 0. The highest BCUT2D eigenvalue weighted by atomic mass is 35.5. The smallest absolute Gasteiger partial charge is 0.165 e. The molecular weight excluding hydrogens is 234 g/mol. The molecule has 0 aliphatic heterocycles. The van der Waals surface area contributed by atoms with Crippen LogP contribution in [0.4, 0.5) is 8.78 Å². The molecule has 0 radical (unpaired) electrons. The monoisotopic (exact) mass is 248 g/mol. The SMILES string of the molecule is CC(CCCl)CCOc1cc(F)ccc1F. The Balaban J connectivity index is 2.39. The summed E-state index contributed by atoms with van der Waals surface area (Å²) in [5, 5.41) is 0. The minimum Gasteiger partial charge on any atom is -0.490 e. The summed E-state index contributed by atoms with van der Waals surface area (Å²) in [6.45, 7) is 2.42. The molecule has 1 aromatic carbocycles. The quantitative estimate of drug-likeness (QED) is 0.692. The maximum absolute atomic E-state index is 13.1. The van der Waals surface area contributed by atoms with Gasteiger partial charge in [-0.25, -0.2) is 8.78 Å². The molecule has 0 aromatic heterocycles. The van der Waals surface area contributed by atoms with E-state index in [1.165, 1.54) is 0 Å². The van der Waals surface area contributed by atoms with Gasteiger partial charge in [0.1, 0.15) is 5.82 Å². The average molecular weight is 249 g/mol. The second-order valence-corrected chi connectivity index (χ2v) is 4.17. The largest absolute Gasteiger partial charge is 0.490 e. The van der Waals surface area contributed by atoms with E-state index in [2.05, 4.69) is 0 Å². The molecule has 4 heteroatoms. The third kappa shape index (κ3) is 4.35. The summed E-state index contributed by atoms with van der Waals surface area (Å²) < 4.78 is 31.1. The van der Waals surface area contributed by atoms with Gasteiger partial charge in [-0.2, -0.15) is 0 Å². The summed E-state index contributed by atoms with van der Waals surface area (Å²) >= 11 is 5.59. The van der Waals surface area contributed by atoms with Gasteiger partial charge in [-0.3, -0.25) is 0 Å². The van der Waals surface area contributed by atoms with Crippen molar-refractivity contribution >= 4 is 11.6 Å². The Morgan fingerprint density at radius 2 is 2.06 bits per heavy atom. The van der Waals surface area contributed by atoms with E-state index in [4.69, 9.17) is 16.3 Å². The van der Waals surface area contributed by atoms with E-state index in [1.54, 1.807) is 0 Å². The van der Waals surface area contributed by atoms with Crippen LogP contribution < -0.4 is 4.74 Å². The third-order valence-electron chi connectivity index (χ3n) is 2.36. The molecule has 0 aliphatic carbocycles. The first kappa shape index (κ1) is 13.2. The molecule has 0 N–H and O–H groups in total. The highest BCUT2D eigenvalue weighted by Crippen LogP contribution is 2.19. The molecule has 0 amide bonds. The van der Waals surface area contributed by atoms with Crippen molar-refractivity contribution in [3.63, 3.8) is 0 Å². The van der Waals surface area contributed by atoms with Crippen LogP contribution in [0.3, 0.4) is 0 Å². The summed E-state index contributed by atoms with van der Waals surface area (Å²) in [4.78, 5) is 0. The lowest BCUT2D eigenvalue weighted by Gasteiger charge is -2.11. The van der Waals surface area contributed by atoms with Gasteiger partial charge in [0.15, 0.2) is 11.6 Å². The molecule has 0 aliphatic rings. The number of hydrogen-bond acceptors (Lipinski definition) is 1. The van der Waals surface area contributed by atoms with Crippen molar-refractivity contribution in [2.45, 2.75) is 19.8 Å². The summed E-state index contributed by atoms with van der Waals surface area (Å²) in [6.07, 6.45) is 1.68. The lowest BCUT2D eigenvalue weighted by atomic mass is 10.1. The standard InChI is InChI=1S/C12H15ClF2O/c1-9(4-6-13)5-7-16-12-8-10(14)2-3-11(12)15/h2-3,8-9H,4-7H2,1H3. The minimum atomic E-state index is -0.536. The molecule has 1 unspecified atom stereocenters. The maximum Gasteiger partial charge on any atom is 0.165 e. The molecule has 0 heterocycles. The number of rotatable bonds is 6. The van der Waals surface area contributed by atoms with E-state index in [0.717, 1.165) is 31.0 Å². The van der Waals surface area contributed by atoms with Gasteiger partial charge in [0.05, 0.1) is 6.61 Å². The zero-order valence-electron chi connectivity index (χ0n) is 9.18. The highest BCUT2D eigenvalue weighted by Gasteiger charge is 2.06. The lowest BCUT2D eigenvalue weighted by molar-refractivity contribution is 0.269. The predicted octanol–water partition coefficient (Wildman–Crippen LogP) is 4.00. The topological polar surface area (TPSA) is 9.23 Å². The van der Waals surface area contributed by atoms with Crippen LogP contribution in [0.1, 0.15) is 19.8 Å². The third-order valence-corrected chi connectivity index (χ3v) is 2.58. The van der Waals surface area contributed by atoms with Gasteiger partial charge in [-0.05, 0) is 30.9 Å². The van der Waals surface area contributed by atoms with E-state index in [9.17, 15) is 8.78 Å². The van der Waals surface area contributed by atoms with Crippen LogP contribution in [0.15, 0.2) is 18.2 Å². The van der Waals surface area contributed by atoms with Crippen molar-refractivity contribution in [1.82, 2.24) is 0 Å². The van der Waals surface area contributed by atoms with Gasteiger partial charge >= 0.3 is 0 Å². The van der Waals surface area contributed by atoms with Crippen molar-refractivity contribution in [1.29, 1.82) is 0 Å². The molecule has 0 fully saturated rings. The van der Waals surface area contributed by atoms with Crippen LogP contribution >= 0.6 is 11.6 Å². The Labute approximate surface area is 99.4 Å². The van der Waals surface area contributed by atoms with Gasteiger partial charge in [-0.15, -0.1) is 11.6 Å². The first-order valence-corrected chi connectivity index (χ1v) is 5.80. The molecular formula is C12H15ClF2O. The Hall–Kier alpha value is -0.830. The molecule has 1 rings (SSSR count). The van der Waals surface area contributed by atoms with E-state index in [0.29, 0.717) is 18.4 Å². The molecule has 1 atom stereocenters. The van der Waals surface area contributed by atoms with E-state index in [1.807, 2.05) is 6.92 Å². The first-order valence-electron chi connectivity index (χ1n) is 5.27. The molecule has 90 valence electrons. The van der Waals surface area contributed by atoms with Crippen molar-refractivity contribution in [2.75, 3.05) is 12.5 Å². The second-order valence-electron chi connectivity index (χ2n) is 3.79. The van der Waals surface area contributed by atoms with Crippen LogP contribution in [-0.2, 0) is 0 Å². The van der Waals surface area contributed by atoms with Crippen molar-refractivity contribution in [3.05, 3.63) is 29.8 Å². The van der Waals surface area contributed by atoms with E-state index in [-0.39, 0.29) is 5.75 Å². The number of hydrogen-bond donors (Lipinski definition) is 0. The molecule has 0 spiro atoms. The number of alkyl halides is 1. The fourth-order valence-corrected chi connectivity index (χ4v) is 1.66. The van der Waals surface area contributed by atoms with Crippen LogP contribution in [0.25, 0.3) is 0 Å². The molecule has 1 aromatic rings. The van der Waals surface area contributed by atoms with Crippen LogP contribution in [-0.4, -0.2) is 12.5 Å². The molecule has 1 nitrogen and oxygen atoms in total. The molecule has 0 saturated carbocycles. The van der Waals surface area contributed by atoms with Gasteiger partial charge in [0.25, 0.3) is 0 Å². The number of halogens is 3. The van der Waals surface area contributed by atoms with Crippen LogP contribution in [0, 0.1) is 17.6 Å². The number of ether oxygens (including phenoxy) is 1. The Morgan fingerprint density at radius 3 is 2.75 bits per heavy atom. The lowest BCUT2D eigenvalue weighted by Crippen LogP contribution is -2.05. The van der Waals surface area contributed by atoms with E-state index >= 15 is 0 Å². The van der Waals surface area contributed by atoms with E-state index < -0.39 is 11.6 Å². The van der Waals surface area contributed by atoms with Crippen molar-refractivity contribution in [2.24, 2.45) is 5.92 Å². The van der Waals surface area contributed by atoms with Crippen LogP contribution in [0.2, 0.25) is 0 Å². The Bertz CT molecular complexity index is 331. The first-order chi connectivity index (χ1) is 7.63. The van der Waals surface area contributed by atoms with Gasteiger partial charge in [-0.1, -0.05) is 6.92 Å².